The lowest BCUT2D eigenvalue weighted by Gasteiger charge is -2.28. The maximum Gasteiger partial charge on any atom is 0.0620 e. The summed E-state index contributed by atoms with van der Waals surface area (Å²) in [7, 11) is 0. The van der Waals surface area contributed by atoms with Crippen LogP contribution in [0.4, 0.5) is 17.1 Å². The summed E-state index contributed by atoms with van der Waals surface area (Å²) in [6, 6.07) is 75.7. The minimum Gasteiger partial charge on any atom is -0.310 e. The fraction of sp³-hybridized carbons (Fsp3) is 0. The summed E-state index contributed by atoms with van der Waals surface area (Å²) in [6.07, 6.45) is 0. The standard InChI is InChI=1S/C54H34N2S/c1-2-13-35(14-3-1)36-25-28-38(29-26-36)55(39-30-32-46-45-19-8-11-24-52(45)57-53(46)34-39)49-22-9-6-17-42(49)41-16-5-4-15-40(41)37-27-31-44-48-21-12-20-47-43-18-7-10-23-50(43)56(54(47)48)51(44)33-37/h1-34H. The van der Waals surface area contributed by atoms with Crippen LogP contribution in [0.3, 0.4) is 0 Å². The van der Waals surface area contributed by atoms with Crippen LogP contribution in [-0.2, 0) is 0 Å². The molecule has 266 valence electrons. The Morgan fingerprint density at radius 1 is 0.333 bits per heavy atom. The quantitative estimate of drug-likeness (QED) is 0.165. The van der Waals surface area contributed by atoms with Gasteiger partial charge in [0.25, 0.3) is 0 Å². The van der Waals surface area contributed by atoms with Gasteiger partial charge in [-0.3, -0.25) is 0 Å². The normalized spacial score (nSPS) is 11.9. The fourth-order valence-electron chi connectivity index (χ4n) is 9.18. The summed E-state index contributed by atoms with van der Waals surface area (Å²) in [5.41, 5.74) is 14.3. The second kappa shape index (κ2) is 12.7. The van der Waals surface area contributed by atoms with E-state index in [1.54, 1.807) is 0 Å². The number of hydrogen-bond donors (Lipinski definition) is 0. The van der Waals surface area contributed by atoms with Crippen molar-refractivity contribution in [2.75, 3.05) is 4.90 Å². The average Bonchev–Trinajstić information content (AvgIpc) is 3.94. The maximum absolute atomic E-state index is 2.47. The van der Waals surface area contributed by atoms with Gasteiger partial charge < -0.3 is 9.30 Å². The molecule has 0 N–H and O–H groups in total. The lowest BCUT2D eigenvalue weighted by Crippen LogP contribution is -2.11. The predicted octanol–water partition coefficient (Wildman–Crippen LogP) is 15.7. The number of anilines is 3. The lowest BCUT2D eigenvalue weighted by molar-refractivity contribution is 1.29. The number of thiophene rings is 1. The van der Waals surface area contributed by atoms with E-state index in [1.165, 1.54) is 91.6 Å². The topological polar surface area (TPSA) is 7.65 Å². The molecule has 0 amide bonds. The Hall–Kier alpha value is -7.20. The van der Waals surface area contributed by atoms with Crippen LogP contribution in [0, 0.1) is 0 Å². The third kappa shape index (κ3) is 4.96. The molecule has 12 rings (SSSR count). The largest absolute Gasteiger partial charge is 0.310 e. The van der Waals surface area contributed by atoms with Gasteiger partial charge in [-0.25, -0.2) is 0 Å². The summed E-state index contributed by atoms with van der Waals surface area (Å²) < 4.78 is 5.06. The molecule has 12 aromatic rings. The Balaban J connectivity index is 1.05. The zero-order chi connectivity index (χ0) is 37.5. The molecule has 0 aliphatic carbocycles. The third-order valence-corrected chi connectivity index (χ3v) is 12.9. The molecule has 2 nitrogen and oxygen atoms in total. The Bertz CT molecular complexity index is 3460. The minimum atomic E-state index is 1.11. The predicted molar refractivity (Wildman–Crippen MR) is 245 cm³/mol. The Labute approximate surface area is 334 Å². The van der Waals surface area contributed by atoms with Gasteiger partial charge in [-0.1, -0.05) is 158 Å². The van der Waals surface area contributed by atoms with Crippen molar-refractivity contribution in [1.82, 2.24) is 4.40 Å². The van der Waals surface area contributed by atoms with Crippen LogP contribution >= 0.6 is 11.3 Å². The molecule has 0 spiro atoms. The minimum absolute atomic E-state index is 1.11. The molecule has 57 heavy (non-hydrogen) atoms. The molecule has 3 aromatic heterocycles. The van der Waals surface area contributed by atoms with Gasteiger partial charge in [0.15, 0.2) is 0 Å². The molecule has 0 bridgehead atoms. The first kappa shape index (κ1) is 32.1. The van der Waals surface area contributed by atoms with Gasteiger partial charge in [0.2, 0.25) is 0 Å². The summed E-state index contributed by atoms with van der Waals surface area (Å²) in [6.45, 7) is 0. The number of benzene rings is 9. The van der Waals surface area contributed by atoms with Crippen molar-refractivity contribution in [2.45, 2.75) is 0 Å². The zero-order valence-corrected chi connectivity index (χ0v) is 31.7. The molecular formula is C54H34N2S. The van der Waals surface area contributed by atoms with Crippen molar-refractivity contribution >= 4 is 86.7 Å². The van der Waals surface area contributed by atoms with Crippen LogP contribution in [-0.4, -0.2) is 4.40 Å². The van der Waals surface area contributed by atoms with Gasteiger partial charge in [0.05, 0.1) is 22.2 Å². The first-order valence-corrected chi connectivity index (χ1v) is 20.3. The molecule has 0 fully saturated rings. The van der Waals surface area contributed by atoms with Crippen molar-refractivity contribution in [3.8, 4) is 33.4 Å². The number of nitrogens with zero attached hydrogens (tertiary/aromatic N) is 2. The average molecular weight is 743 g/mol. The van der Waals surface area contributed by atoms with E-state index in [2.05, 4.69) is 216 Å². The first-order valence-electron chi connectivity index (χ1n) is 19.5. The molecular weight excluding hydrogens is 709 g/mol. The number of hydrogen-bond acceptors (Lipinski definition) is 2. The summed E-state index contributed by atoms with van der Waals surface area (Å²) in [5.74, 6) is 0. The second-order valence-electron chi connectivity index (χ2n) is 14.9. The number of rotatable bonds is 6. The van der Waals surface area contributed by atoms with Gasteiger partial charge in [-0.15, -0.1) is 11.3 Å². The van der Waals surface area contributed by atoms with E-state index in [0.717, 1.165) is 17.1 Å². The molecule has 0 atom stereocenters. The molecule has 0 radical (unpaired) electrons. The maximum atomic E-state index is 2.47. The molecule has 3 heterocycles. The number of fused-ring (bicyclic) bond motifs is 9. The Morgan fingerprint density at radius 3 is 1.75 bits per heavy atom. The van der Waals surface area contributed by atoms with E-state index < -0.39 is 0 Å². The molecule has 0 saturated carbocycles. The third-order valence-electron chi connectivity index (χ3n) is 11.7. The van der Waals surface area contributed by atoms with Gasteiger partial charge in [-0.05, 0) is 76.3 Å². The van der Waals surface area contributed by atoms with Crippen molar-refractivity contribution in [3.05, 3.63) is 206 Å². The SMILES string of the molecule is c1ccc(-c2ccc(N(c3ccc4c(c3)sc3ccccc34)c3ccccc3-c3ccccc3-c3ccc4c5cccc6c7ccccc7n(c4c3)c65)cc2)cc1. The van der Waals surface area contributed by atoms with Crippen LogP contribution in [0.5, 0.6) is 0 Å². The van der Waals surface area contributed by atoms with Gasteiger partial charge in [0.1, 0.15) is 0 Å². The van der Waals surface area contributed by atoms with E-state index in [-0.39, 0.29) is 0 Å². The van der Waals surface area contributed by atoms with Crippen LogP contribution < -0.4 is 4.90 Å². The van der Waals surface area contributed by atoms with E-state index in [4.69, 9.17) is 0 Å². The summed E-state index contributed by atoms with van der Waals surface area (Å²) in [4.78, 5) is 2.44. The molecule has 0 unspecified atom stereocenters. The molecule has 0 saturated heterocycles. The molecule has 9 aromatic carbocycles. The summed E-state index contributed by atoms with van der Waals surface area (Å²) in [5, 5.41) is 7.79. The lowest BCUT2D eigenvalue weighted by atomic mass is 9.92. The fourth-order valence-corrected chi connectivity index (χ4v) is 10.3. The highest BCUT2D eigenvalue weighted by atomic mass is 32.1. The highest BCUT2D eigenvalue weighted by Gasteiger charge is 2.22. The summed E-state index contributed by atoms with van der Waals surface area (Å²) >= 11 is 1.86. The second-order valence-corrected chi connectivity index (χ2v) is 16.0. The smallest absolute Gasteiger partial charge is 0.0620 e. The van der Waals surface area contributed by atoms with Gasteiger partial charge >= 0.3 is 0 Å². The van der Waals surface area contributed by atoms with E-state index in [9.17, 15) is 0 Å². The molecule has 0 aliphatic heterocycles. The van der Waals surface area contributed by atoms with Crippen LogP contribution in [0.2, 0.25) is 0 Å². The number of para-hydroxylation sites is 3. The van der Waals surface area contributed by atoms with Crippen molar-refractivity contribution < 1.29 is 0 Å². The van der Waals surface area contributed by atoms with E-state index in [0.29, 0.717) is 0 Å². The Morgan fingerprint density at radius 2 is 0.912 bits per heavy atom. The highest BCUT2D eigenvalue weighted by molar-refractivity contribution is 7.25. The van der Waals surface area contributed by atoms with Crippen molar-refractivity contribution in [3.63, 3.8) is 0 Å². The monoisotopic (exact) mass is 742 g/mol. The Kier molecular flexibility index (Phi) is 7.13. The number of aromatic nitrogens is 1. The van der Waals surface area contributed by atoms with E-state index >= 15 is 0 Å². The van der Waals surface area contributed by atoms with Crippen molar-refractivity contribution in [2.24, 2.45) is 0 Å². The van der Waals surface area contributed by atoms with Gasteiger partial charge in [0, 0.05) is 58.7 Å². The van der Waals surface area contributed by atoms with Crippen LogP contribution in [0.25, 0.3) is 91.6 Å². The van der Waals surface area contributed by atoms with Crippen molar-refractivity contribution in [1.29, 1.82) is 0 Å². The first-order chi connectivity index (χ1) is 28.3. The molecule has 3 heteroatoms. The van der Waals surface area contributed by atoms with Crippen LogP contribution in [0.1, 0.15) is 0 Å². The highest BCUT2D eigenvalue weighted by Crippen LogP contribution is 2.47. The zero-order valence-electron chi connectivity index (χ0n) is 30.9. The van der Waals surface area contributed by atoms with E-state index in [1.807, 2.05) is 11.3 Å². The molecule has 0 aliphatic rings. The van der Waals surface area contributed by atoms with Gasteiger partial charge in [-0.2, -0.15) is 0 Å². The van der Waals surface area contributed by atoms with Crippen LogP contribution in [0.15, 0.2) is 206 Å².